The molecule has 1 rings (SSSR count). The van der Waals surface area contributed by atoms with Crippen LogP contribution in [0, 0.1) is 0 Å². The molecule has 148 valence electrons. The molecule has 0 N–H and O–H groups in total. The van der Waals surface area contributed by atoms with Crippen LogP contribution < -0.4 is 4.57 Å². The first-order valence-electron chi connectivity index (χ1n) is 5.99. The van der Waals surface area contributed by atoms with Gasteiger partial charge in [0.15, 0.2) is 26.8 Å². The second kappa shape index (κ2) is 8.33. The Morgan fingerprint density at radius 3 is 1.76 bits per heavy atom. The molecule has 0 amide bonds. The van der Waals surface area contributed by atoms with Crippen LogP contribution in [0.1, 0.15) is 6.92 Å². The Morgan fingerprint density at radius 2 is 1.48 bits per heavy atom. The third-order valence-electron chi connectivity index (χ3n) is 2.05. The van der Waals surface area contributed by atoms with Crippen molar-refractivity contribution in [1.29, 1.82) is 0 Å². The minimum atomic E-state index is -6.72. The maximum absolute atomic E-state index is 11.4. The van der Waals surface area contributed by atoms with Crippen molar-refractivity contribution in [1.82, 2.24) is 4.57 Å². The lowest BCUT2D eigenvalue weighted by Crippen LogP contribution is -2.30. The van der Waals surface area contributed by atoms with Crippen LogP contribution in [0.2, 0.25) is 0 Å². The van der Waals surface area contributed by atoms with E-state index < -0.39 is 31.1 Å². The highest BCUT2D eigenvalue weighted by atomic mass is 32.3. The van der Waals surface area contributed by atoms with Gasteiger partial charge in [-0.15, -0.1) is 0 Å². The zero-order valence-corrected chi connectivity index (χ0v) is 14.2. The van der Waals surface area contributed by atoms with Gasteiger partial charge < -0.3 is 8.86 Å². The molecular weight excluding hydrogens is 408 g/mol. The molecular formula is C9H13F6N3O5S2. The van der Waals surface area contributed by atoms with Crippen LogP contribution in [-0.2, 0) is 38.6 Å². The fourth-order valence-corrected chi connectivity index (χ4v) is 2.70. The highest BCUT2D eigenvalue weighted by Gasteiger charge is 2.46. The molecule has 25 heavy (non-hydrogen) atoms. The molecule has 1 aromatic heterocycles. The molecule has 0 spiro atoms. The first-order valence-corrected chi connectivity index (χ1v) is 8.87. The third kappa shape index (κ3) is 7.57. The smallest absolute Gasteiger partial charge is 0.421 e. The summed E-state index contributed by atoms with van der Waals surface area (Å²) in [5.74, 6) is 0. The summed E-state index contributed by atoms with van der Waals surface area (Å²) in [5.41, 5.74) is -12.4. The van der Waals surface area contributed by atoms with E-state index in [9.17, 15) is 43.2 Å². The maximum atomic E-state index is 11.4. The monoisotopic (exact) mass is 421 g/mol. The second-order valence-electron chi connectivity index (χ2n) is 4.13. The molecule has 0 atom stereocenters. The van der Waals surface area contributed by atoms with Gasteiger partial charge in [0, 0.05) is 6.61 Å². The van der Waals surface area contributed by atoms with Gasteiger partial charge in [-0.25, -0.2) is 26.0 Å². The first kappa shape index (κ1) is 23.6. The Bertz CT molecular complexity index is 711. The number of ether oxygens (including phenoxy) is 1. The van der Waals surface area contributed by atoms with E-state index in [2.05, 4.69) is 0 Å². The van der Waals surface area contributed by atoms with Crippen LogP contribution >= 0.6 is 0 Å². The normalized spacial score (nSPS) is 13.3. The van der Waals surface area contributed by atoms with Crippen molar-refractivity contribution < 1.29 is 52.5 Å². The van der Waals surface area contributed by atoms with Crippen LogP contribution in [0.5, 0.6) is 0 Å². The predicted octanol–water partition coefficient (Wildman–Crippen LogP) is 1.37. The molecule has 1 heterocycles. The molecule has 0 bridgehead atoms. The van der Waals surface area contributed by atoms with E-state index in [0.29, 0.717) is 6.73 Å². The van der Waals surface area contributed by atoms with E-state index in [0.717, 1.165) is 10.7 Å². The van der Waals surface area contributed by atoms with Gasteiger partial charge in [-0.05, 0) is 6.92 Å². The van der Waals surface area contributed by atoms with Crippen molar-refractivity contribution in [3.63, 3.8) is 0 Å². The molecule has 0 aromatic carbocycles. The van der Waals surface area contributed by atoms with Crippen LogP contribution in [-0.4, -0.2) is 39.0 Å². The average Bonchev–Trinajstić information content (AvgIpc) is 2.79. The molecule has 0 saturated carbocycles. The van der Waals surface area contributed by atoms with Gasteiger partial charge in [0.05, 0.1) is 7.05 Å². The number of imidazole rings is 1. The Labute approximate surface area is 139 Å². The fourth-order valence-electron chi connectivity index (χ4n) is 0.988. The van der Waals surface area contributed by atoms with Gasteiger partial charge in [0.25, 0.3) is 0 Å². The summed E-state index contributed by atoms with van der Waals surface area (Å²) >= 11 is 0. The lowest BCUT2D eigenvalue weighted by molar-refractivity contribution is -0.671. The van der Waals surface area contributed by atoms with Crippen LogP contribution in [0.15, 0.2) is 18.7 Å². The molecule has 8 nitrogen and oxygen atoms in total. The quantitative estimate of drug-likeness (QED) is 0.528. The number of alkyl halides is 6. The summed E-state index contributed by atoms with van der Waals surface area (Å²) in [6.07, 6.45) is 5.95. The topological polar surface area (TPSA) is 100 Å². The number of rotatable bonds is 5. The largest absolute Gasteiger partial charge is 0.480 e. The zero-order valence-electron chi connectivity index (χ0n) is 12.6. The number of nitrogens with zero attached hydrogens (tertiary/aromatic N) is 3. The van der Waals surface area contributed by atoms with E-state index in [1.54, 1.807) is 0 Å². The Kier molecular flexibility index (Phi) is 7.86. The lowest BCUT2D eigenvalue weighted by atomic mass is 10.8. The van der Waals surface area contributed by atoms with Gasteiger partial charge in [0.2, 0.25) is 6.33 Å². The van der Waals surface area contributed by atoms with E-state index >= 15 is 0 Å². The molecule has 1 aromatic rings. The summed E-state index contributed by atoms with van der Waals surface area (Å²) in [4.78, 5) is 0. The summed E-state index contributed by atoms with van der Waals surface area (Å²) in [5, 5.41) is 0. The highest BCUT2D eigenvalue weighted by Crippen LogP contribution is 2.36. The number of hydrogen-bond acceptors (Lipinski definition) is 5. The fraction of sp³-hybridized carbons (Fsp3) is 0.667. The Morgan fingerprint density at radius 1 is 1.04 bits per heavy atom. The van der Waals surface area contributed by atoms with Gasteiger partial charge >= 0.3 is 11.0 Å². The van der Waals surface area contributed by atoms with Crippen molar-refractivity contribution in [2.75, 3.05) is 6.61 Å². The molecule has 0 unspecified atom stereocenters. The summed E-state index contributed by atoms with van der Waals surface area (Å²) in [6.45, 7) is 3.41. The van der Waals surface area contributed by atoms with E-state index in [1.807, 2.05) is 41.8 Å². The molecule has 0 aliphatic rings. The van der Waals surface area contributed by atoms with Crippen molar-refractivity contribution in [3.05, 3.63) is 22.8 Å². The van der Waals surface area contributed by atoms with Crippen LogP contribution in [0.4, 0.5) is 26.3 Å². The maximum Gasteiger partial charge on any atom is 0.480 e. The van der Waals surface area contributed by atoms with Gasteiger partial charge in [0.1, 0.15) is 12.4 Å². The summed E-state index contributed by atoms with van der Waals surface area (Å²) < 4.78 is 118. The molecule has 0 aliphatic heterocycles. The van der Waals surface area contributed by atoms with Gasteiger partial charge in [-0.2, -0.15) is 26.3 Å². The van der Waals surface area contributed by atoms with Crippen molar-refractivity contribution in [2.45, 2.75) is 24.7 Å². The Hall–Kier alpha value is -1.39. The van der Waals surface area contributed by atoms with Crippen molar-refractivity contribution >= 4 is 20.0 Å². The Balaban J connectivity index is 0.000000496. The third-order valence-corrected chi connectivity index (χ3v) is 4.79. The predicted molar refractivity (Wildman–Crippen MR) is 70.5 cm³/mol. The van der Waals surface area contributed by atoms with E-state index in [4.69, 9.17) is 4.74 Å². The standard InChI is InChI=1S/C7H13N2O.C2F6NO4S2/c1-3-10-7-9-5-4-8(2)6-9;3-1(4,5)14(10,11)9-15(12,13)2(6,7)8/h4-6H,3,7H2,1-2H3;/q+1;-1. The highest BCUT2D eigenvalue weighted by molar-refractivity contribution is 8.13. The molecule has 0 radical (unpaired) electrons. The average molecular weight is 421 g/mol. The van der Waals surface area contributed by atoms with Crippen molar-refractivity contribution in [2.24, 2.45) is 7.05 Å². The number of halogens is 6. The summed E-state index contributed by atoms with van der Waals surface area (Å²) in [6, 6.07) is 0. The second-order valence-corrected chi connectivity index (χ2v) is 7.55. The van der Waals surface area contributed by atoms with E-state index in [1.165, 1.54) is 0 Å². The number of hydrogen-bond donors (Lipinski definition) is 0. The minimum absolute atomic E-state index is 0.650. The lowest BCUT2D eigenvalue weighted by Gasteiger charge is -2.22. The molecule has 0 aliphatic carbocycles. The molecule has 0 saturated heterocycles. The van der Waals surface area contributed by atoms with Gasteiger partial charge in [-0.3, -0.25) is 0 Å². The first-order chi connectivity index (χ1) is 11.0. The summed E-state index contributed by atoms with van der Waals surface area (Å²) in [7, 11) is -11.5. The van der Waals surface area contributed by atoms with Crippen LogP contribution in [0.3, 0.4) is 0 Å². The van der Waals surface area contributed by atoms with Gasteiger partial charge in [-0.1, -0.05) is 0 Å². The number of aryl methyl sites for hydroxylation is 1. The minimum Gasteiger partial charge on any atom is -0.421 e. The molecule has 16 heteroatoms. The van der Waals surface area contributed by atoms with Crippen molar-refractivity contribution in [3.8, 4) is 0 Å². The van der Waals surface area contributed by atoms with E-state index in [-0.39, 0.29) is 0 Å². The number of sulfonamides is 2. The molecule has 0 fully saturated rings. The SMILES string of the molecule is CCOCn1cc[n+](C)c1.O=S(=O)([N-]S(=O)(=O)C(F)(F)F)C(F)(F)F. The number of aromatic nitrogens is 2. The zero-order chi connectivity index (χ0) is 20.1. The van der Waals surface area contributed by atoms with Crippen LogP contribution in [0.25, 0.3) is 4.13 Å².